The van der Waals surface area contributed by atoms with Crippen molar-refractivity contribution in [2.24, 2.45) is 5.92 Å². The highest BCUT2D eigenvalue weighted by Gasteiger charge is 2.30. The van der Waals surface area contributed by atoms with Gasteiger partial charge in [0.25, 0.3) is 0 Å². The van der Waals surface area contributed by atoms with Gasteiger partial charge in [-0.3, -0.25) is 4.79 Å². The molecular formula is C14H14N2O2. The lowest BCUT2D eigenvalue weighted by atomic mass is 10.1. The molecule has 0 amide bonds. The maximum atomic E-state index is 11.7. The molecular weight excluding hydrogens is 228 g/mol. The van der Waals surface area contributed by atoms with Crippen molar-refractivity contribution < 1.29 is 9.32 Å². The summed E-state index contributed by atoms with van der Waals surface area (Å²) >= 11 is 0. The van der Waals surface area contributed by atoms with E-state index in [0.717, 1.165) is 24.0 Å². The molecule has 92 valence electrons. The van der Waals surface area contributed by atoms with Crippen molar-refractivity contribution in [1.29, 1.82) is 0 Å². The minimum absolute atomic E-state index is 0.218. The third kappa shape index (κ3) is 2.18. The highest BCUT2D eigenvalue weighted by Crippen LogP contribution is 2.31. The number of rotatable bonds is 4. The van der Waals surface area contributed by atoms with Gasteiger partial charge in [-0.15, -0.1) is 0 Å². The second-order valence-corrected chi connectivity index (χ2v) is 4.74. The first-order valence-electron chi connectivity index (χ1n) is 6.15. The number of hydrogen-bond acceptors (Lipinski definition) is 4. The normalized spacial score (nSPS) is 14.7. The maximum absolute atomic E-state index is 11.7. The van der Waals surface area contributed by atoms with Gasteiger partial charge in [0.2, 0.25) is 11.7 Å². The molecule has 1 aromatic carbocycles. The van der Waals surface area contributed by atoms with Gasteiger partial charge in [-0.05, 0) is 25.3 Å². The number of aromatic nitrogens is 2. The summed E-state index contributed by atoms with van der Waals surface area (Å²) in [5.41, 5.74) is 2.05. The summed E-state index contributed by atoms with van der Waals surface area (Å²) in [5.74, 6) is 1.44. The molecule has 0 spiro atoms. The van der Waals surface area contributed by atoms with Gasteiger partial charge in [-0.2, -0.15) is 4.98 Å². The van der Waals surface area contributed by atoms with Crippen LogP contribution in [-0.2, 0) is 11.2 Å². The van der Waals surface area contributed by atoms with Gasteiger partial charge in [0, 0.05) is 11.5 Å². The maximum Gasteiger partial charge on any atom is 0.234 e. The SMILES string of the molecule is Cc1ccccc1-c1noc(CC(=O)C2CC2)n1. The van der Waals surface area contributed by atoms with Crippen LogP contribution >= 0.6 is 0 Å². The molecule has 0 N–H and O–H groups in total. The largest absolute Gasteiger partial charge is 0.339 e. The van der Waals surface area contributed by atoms with Crippen LogP contribution in [0.3, 0.4) is 0 Å². The Hall–Kier alpha value is -1.97. The molecule has 4 nitrogen and oxygen atoms in total. The standard InChI is InChI=1S/C14H14N2O2/c1-9-4-2-3-5-11(9)14-15-13(18-16-14)8-12(17)10-6-7-10/h2-5,10H,6-8H2,1H3. The Kier molecular flexibility index (Phi) is 2.70. The van der Waals surface area contributed by atoms with Gasteiger partial charge < -0.3 is 4.52 Å². The van der Waals surface area contributed by atoms with Gasteiger partial charge in [-0.1, -0.05) is 29.4 Å². The van der Waals surface area contributed by atoms with Crippen molar-refractivity contribution in [2.75, 3.05) is 0 Å². The topological polar surface area (TPSA) is 56.0 Å². The first kappa shape index (κ1) is 11.1. The van der Waals surface area contributed by atoms with Crippen LogP contribution < -0.4 is 0 Å². The number of carbonyl (C=O) groups is 1. The first-order chi connectivity index (χ1) is 8.74. The van der Waals surface area contributed by atoms with E-state index in [1.807, 2.05) is 31.2 Å². The van der Waals surface area contributed by atoms with Gasteiger partial charge in [0.05, 0.1) is 6.42 Å². The van der Waals surface area contributed by atoms with E-state index >= 15 is 0 Å². The highest BCUT2D eigenvalue weighted by molar-refractivity contribution is 5.84. The van der Waals surface area contributed by atoms with Gasteiger partial charge in [0.1, 0.15) is 5.78 Å². The number of Topliss-reactive ketones (excluding diaryl/α,β-unsaturated/α-hetero) is 1. The summed E-state index contributed by atoms with van der Waals surface area (Å²) in [6.45, 7) is 2.00. The summed E-state index contributed by atoms with van der Waals surface area (Å²) in [6, 6.07) is 7.86. The van der Waals surface area contributed by atoms with E-state index in [1.165, 1.54) is 0 Å². The molecule has 3 rings (SSSR count). The zero-order chi connectivity index (χ0) is 12.5. The van der Waals surface area contributed by atoms with Gasteiger partial charge in [0.15, 0.2) is 0 Å². The predicted molar refractivity (Wildman–Crippen MR) is 65.9 cm³/mol. The molecule has 0 aliphatic heterocycles. The molecule has 1 heterocycles. The molecule has 1 aliphatic rings. The average molecular weight is 242 g/mol. The number of aryl methyl sites for hydroxylation is 1. The van der Waals surface area contributed by atoms with Crippen LogP contribution in [-0.4, -0.2) is 15.9 Å². The Morgan fingerprint density at radius 1 is 1.39 bits per heavy atom. The fraction of sp³-hybridized carbons (Fsp3) is 0.357. The number of benzene rings is 1. The van der Waals surface area contributed by atoms with Crippen LogP contribution in [0.5, 0.6) is 0 Å². The van der Waals surface area contributed by atoms with Crippen LogP contribution in [0.4, 0.5) is 0 Å². The number of carbonyl (C=O) groups excluding carboxylic acids is 1. The van der Waals surface area contributed by atoms with E-state index < -0.39 is 0 Å². The summed E-state index contributed by atoms with van der Waals surface area (Å²) in [4.78, 5) is 16.0. The Morgan fingerprint density at radius 2 is 2.17 bits per heavy atom. The minimum atomic E-state index is 0.218. The second-order valence-electron chi connectivity index (χ2n) is 4.74. The monoisotopic (exact) mass is 242 g/mol. The average Bonchev–Trinajstić information content (AvgIpc) is 3.12. The molecule has 1 aromatic heterocycles. The third-order valence-corrected chi connectivity index (χ3v) is 3.21. The molecule has 1 aliphatic carbocycles. The molecule has 1 fully saturated rings. The first-order valence-corrected chi connectivity index (χ1v) is 6.15. The lowest BCUT2D eigenvalue weighted by Crippen LogP contribution is -2.04. The molecule has 0 radical (unpaired) electrons. The van der Waals surface area contributed by atoms with E-state index in [2.05, 4.69) is 10.1 Å². The van der Waals surface area contributed by atoms with Crippen molar-refractivity contribution in [3.05, 3.63) is 35.7 Å². The molecule has 0 saturated heterocycles. The summed E-state index contributed by atoms with van der Waals surface area (Å²) < 4.78 is 5.14. The van der Waals surface area contributed by atoms with E-state index in [1.54, 1.807) is 0 Å². The van der Waals surface area contributed by atoms with Crippen molar-refractivity contribution in [2.45, 2.75) is 26.2 Å². The van der Waals surface area contributed by atoms with E-state index in [4.69, 9.17) is 4.52 Å². The quantitative estimate of drug-likeness (QED) is 0.826. The number of nitrogens with zero attached hydrogens (tertiary/aromatic N) is 2. The van der Waals surface area contributed by atoms with Crippen LogP contribution in [0.2, 0.25) is 0 Å². The second kappa shape index (κ2) is 4.37. The number of hydrogen-bond donors (Lipinski definition) is 0. The van der Waals surface area contributed by atoms with Crippen LogP contribution in [0.1, 0.15) is 24.3 Å². The number of ketones is 1. The van der Waals surface area contributed by atoms with Crippen molar-refractivity contribution in [3.8, 4) is 11.4 Å². The fourth-order valence-corrected chi connectivity index (χ4v) is 1.96. The Labute approximate surface area is 105 Å². The fourth-order valence-electron chi connectivity index (χ4n) is 1.96. The summed E-state index contributed by atoms with van der Waals surface area (Å²) in [6.07, 6.45) is 2.29. The highest BCUT2D eigenvalue weighted by atomic mass is 16.5. The molecule has 18 heavy (non-hydrogen) atoms. The summed E-state index contributed by atoms with van der Waals surface area (Å²) in [5, 5.41) is 3.94. The molecule has 4 heteroatoms. The lowest BCUT2D eigenvalue weighted by Gasteiger charge is -1.97. The Morgan fingerprint density at radius 3 is 2.89 bits per heavy atom. The third-order valence-electron chi connectivity index (χ3n) is 3.21. The smallest absolute Gasteiger partial charge is 0.234 e. The van der Waals surface area contributed by atoms with E-state index in [9.17, 15) is 4.79 Å². The zero-order valence-electron chi connectivity index (χ0n) is 10.2. The minimum Gasteiger partial charge on any atom is -0.339 e. The Bertz CT molecular complexity index is 585. The molecule has 0 bridgehead atoms. The molecule has 0 atom stereocenters. The van der Waals surface area contributed by atoms with Crippen LogP contribution in [0.15, 0.2) is 28.8 Å². The van der Waals surface area contributed by atoms with Crippen molar-refractivity contribution >= 4 is 5.78 Å². The lowest BCUT2D eigenvalue weighted by molar-refractivity contribution is -0.119. The van der Waals surface area contributed by atoms with Gasteiger partial charge >= 0.3 is 0 Å². The molecule has 0 unspecified atom stereocenters. The molecule has 1 saturated carbocycles. The van der Waals surface area contributed by atoms with E-state index in [-0.39, 0.29) is 18.1 Å². The van der Waals surface area contributed by atoms with Crippen molar-refractivity contribution in [1.82, 2.24) is 10.1 Å². The van der Waals surface area contributed by atoms with Gasteiger partial charge in [-0.25, -0.2) is 0 Å². The zero-order valence-corrected chi connectivity index (χ0v) is 10.2. The Balaban J connectivity index is 1.80. The predicted octanol–water partition coefficient (Wildman–Crippen LogP) is 2.57. The van der Waals surface area contributed by atoms with E-state index in [0.29, 0.717) is 11.7 Å². The summed E-state index contributed by atoms with van der Waals surface area (Å²) in [7, 11) is 0. The van der Waals surface area contributed by atoms with Crippen LogP contribution in [0.25, 0.3) is 11.4 Å². The van der Waals surface area contributed by atoms with Crippen molar-refractivity contribution in [3.63, 3.8) is 0 Å². The van der Waals surface area contributed by atoms with Crippen LogP contribution in [0, 0.1) is 12.8 Å². The molecule has 2 aromatic rings.